The molecule has 1 aromatic carbocycles. The number of nitrogens with one attached hydrogen (secondary N) is 2. The molecule has 1 aliphatic carbocycles. The van der Waals surface area contributed by atoms with Gasteiger partial charge in [-0.15, -0.1) is 0 Å². The lowest BCUT2D eigenvalue weighted by atomic mass is 9.77. The van der Waals surface area contributed by atoms with Crippen molar-refractivity contribution in [3.8, 4) is 0 Å². The highest BCUT2D eigenvalue weighted by Gasteiger charge is 2.53. The van der Waals surface area contributed by atoms with E-state index >= 15 is 0 Å². The molecule has 18 atom stereocenters. The monoisotopic (exact) mass is 1170 g/mol. The Labute approximate surface area is 482 Å². The van der Waals surface area contributed by atoms with Crippen LogP contribution in [0.15, 0.2) is 23.1 Å². The number of cyclic esters (lactones) is 1. The summed E-state index contributed by atoms with van der Waals surface area (Å²) in [5, 5.41) is 64.7. The van der Waals surface area contributed by atoms with Gasteiger partial charge in [-0.05, 0) is 120 Å². The van der Waals surface area contributed by atoms with E-state index in [1.807, 2.05) is 56.3 Å². The number of aromatic nitrogens is 1. The summed E-state index contributed by atoms with van der Waals surface area (Å²) < 4.78 is 52.2. The number of carboxylic acids is 1. The fourth-order valence-electron chi connectivity index (χ4n) is 12.3. The Kier molecular flexibility index (Phi) is 23.1. The van der Waals surface area contributed by atoms with Gasteiger partial charge in [-0.25, -0.2) is 4.79 Å². The molecule has 22 nitrogen and oxygen atoms in total. The fourth-order valence-corrected chi connectivity index (χ4v) is 12.6. The molecule has 3 saturated heterocycles. The van der Waals surface area contributed by atoms with E-state index in [2.05, 4.69) is 10.6 Å². The molecule has 81 heavy (non-hydrogen) atoms. The van der Waals surface area contributed by atoms with Crippen molar-refractivity contribution in [2.24, 2.45) is 17.8 Å². The zero-order valence-corrected chi connectivity index (χ0v) is 50.8. The maximum Gasteiger partial charge on any atom is 0.341 e. The Morgan fingerprint density at radius 2 is 1.60 bits per heavy atom. The number of hydrogen-bond acceptors (Lipinski definition) is 19. The van der Waals surface area contributed by atoms with E-state index in [9.17, 15) is 44.7 Å². The number of rotatable bonds is 20. The number of aromatic carboxylic acids is 1. The van der Waals surface area contributed by atoms with E-state index in [4.69, 9.17) is 49.5 Å². The number of amides is 1. The number of carbonyl (C=O) groups excluding carboxylic acids is 2. The number of likely N-dealkylation sites (N-methyl/N-ethyl adjacent to an activating group) is 2. The number of methoxy groups -OCH3 is 1. The predicted octanol–water partition coefficient (Wildman–Crippen LogP) is 4.56. The van der Waals surface area contributed by atoms with E-state index in [1.54, 1.807) is 53.7 Å². The topological polar surface area (TPSA) is 279 Å². The van der Waals surface area contributed by atoms with Gasteiger partial charge in [0.1, 0.15) is 29.5 Å². The lowest BCUT2D eigenvalue weighted by Gasteiger charge is -2.49. The number of aliphatic hydroxyl groups excluding tert-OH is 2. The number of hydrogen-bond donors (Lipinski definition) is 7. The Bertz CT molecular complexity index is 2500. The fraction of sp³-hybridized carbons (Fsp3) is 0.793. The zero-order chi connectivity index (χ0) is 60.1. The van der Waals surface area contributed by atoms with Crippen LogP contribution in [0.25, 0.3) is 10.9 Å². The number of aliphatic hydroxyl groups is 4. The van der Waals surface area contributed by atoms with Gasteiger partial charge in [-0.3, -0.25) is 14.4 Å². The lowest BCUT2D eigenvalue weighted by Crippen LogP contribution is -2.64. The first-order valence-corrected chi connectivity index (χ1v) is 29.2. The number of benzene rings is 1. The minimum Gasteiger partial charge on any atom is -0.477 e. The maximum atomic E-state index is 14.6. The Morgan fingerprint density at radius 3 is 2.22 bits per heavy atom. The number of carboxylic acid groups (broad SMARTS) is 1. The lowest BCUT2D eigenvalue weighted by molar-refractivity contribution is -0.311. The summed E-state index contributed by atoms with van der Waals surface area (Å²) in [6, 6.07) is 1.81. The zero-order valence-electron chi connectivity index (χ0n) is 50.0. The third-order valence-electron chi connectivity index (χ3n) is 17.3. The first-order valence-electron chi connectivity index (χ1n) is 28.8. The molecule has 460 valence electrons. The number of halogens is 1. The Morgan fingerprint density at radius 1 is 0.938 bits per heavy atom. The van der Waals surface area contributed by atoms with Crippen LogP contribution in [0.1, 0.15) is 131 Å². The summed E-state index contributed by atoms with van der Waals surface area (Å²) in [4.78, 5) is 56.8. The van der Waals surface area contributed by atoms with Crippen LogP contribution >= 0.6 is 11.6 Å². The second kappa shape index (κ2) is 28.1. The van der Waals surface area contributed by atoms with Crippen LogP contribution in [0.2, 0.25) is 5.02 Å². The van der Waals surface area contributed by atoms with Gasteiger partial charge in [-0.1, -0.05) is 32.4 Å². The average Bonchev–Trinajstić information content (AvgIpc) is 4.44. The van der Waals surface area contributed by atoms with E-state index < -0.39 is 107 Å². The smallest absolute Gasteiger partial charge is 0.341 e. The number of pyridine rings is 1. The van der Waals surface area contributed by atoms with Gasteiger partial charge in [0.2, 0.25) is 11.3 Å². The molecule has 0 spiro atoms. The Balaban J connectivity index is 1.10. The highest BCUT2D eigenvalue weighted by molar-refractivity contribution is 6.34. The number of carbonyl (C=O) groups is 3. The van der Waals surface area contributed by atoms with Crippen LogP contribution < -0.4 is 16.1 Å². The van der Waals surface area contributed by atoms with Gasteiger partial charge >= 0.3 is 11.9 Å². The molecule has 1 aromatic heterocycles. The molecular weight excluding hydrogens is 1070 g/mol. The standard InChI is InChI=1S/C58H94ClN5O17/c1-15-44-58(10,73)51(68)35(6)63(13)29-31(2)27-56(8,72)52(81-55-48(67)43(62(11)12)24-32(3)77-55)33(4)49(34(5)54(71)79-44)80-46-28-57(9,74-14)50(36(7)78-46)61-45(65)18-20-75-22-23-76-21-19-60-41-25-38-42(26-40(41)59)64(37-16-17-37)30-39(47(38)66)53(69)70/h25-26,30-37,43-44,46,48-52,55,60,67-68,72-73H,15-24,27-29H2,1-14H3,(H,61,65)(H,69,70)/t31-,32-,33+,34-,35+,36+,43+,44-,46+,48-,49+,50?,51-,52-,55+,56-,57-,58-/m1/s1. The molecule has 0 bridgehead atoms. The normalized spacial score (nSPS) is 36.9. The number of nitrogens with zero attached hydrogens (tertiary/aromatic N) is 3. The van der Waals surface area contributed by atoms with Gasteiger partial charge in [0.25, 0.3) is 0 Å². The van der Waals surface area contributed by atoms with Crippen LogP contribution in [0.5, 0.6) is 0 Å². The molecule has 23 heteroatoms. The Hall–Kier alpha value is -3.59. The molecule has 4 fully saturated rings. The molecule has 4 heterocycles. The summed E-state index contributed by atoms with van der Waals surface area (Å²) in [5.74, 6) is -4.46. The molecule has 6 rings (SSSR count). The van der Waals surface area contributed by atoms with Crippen LogP contribution in [-0.2, 0) is 47.5 Å². The van der Waals surface area contributed by atoms with Crippen LogP contribution in [-0.4, -0.2) is 216 Å². The highest BCUT2D eigenvalue weighted by atomic mass is 35.5. The van der Waals surface area contributed by atoms with Crippen molar-refractivity contribution in [3.05, 3.63) is 39.1 Å². The van der Waals surface area contributed by atoms with Gasteiger partial charge in [0.15, 0.2) is 12.6 Å². The summed E-state index contributed by atoms with van der Waals surface area (Å²) in [6.45, 7) is 19.1. The van der Waals surface area contributed by atoms with Gasteiger partial charge in [-0.2, -0.15) is 0 Å². The molecular formula is C58H94ClN5O17. The molecule has 1 amide bonds. The number of ether oxygens (including phenoxy) is 8. The molecule has 1 unspecified atom stereocenters. The van der Waals surface area contributed by atoms with Crippen LogP contribution in [0, 0.1) is 17.8 Å². The van der Waals surface area contributed by atoms with E-state index in [0.717, 1.165) is 12.8 Å². The first kappa shape index (κ1) is 66.5. The van der Waals surface area contributed by atoms with Crippen molar-refractivity contribution in [3.63, 3.8) is 0 Å². The second-order valence-corrected chi connectivity index (χ2v) is 24.7. The average molecular weight is 1170 g/mol. The summed E-state index contributed by atoms with van der Waals surface area (Å²) in [6.07, 6.45) is -4.83. The number of esters is 1. The summed E-state index contributed by atoms with van der Waals surface area (Å²) in [7, 11) is 7.10. The SMILES string of the molecule is CC[C@H]1OC(=O)[C@H](C)[C@@H](O[C@H]2C[C@@](C)(OC)C(NC(=O)CCOCCOCCNc3cc4c(=O)c(C(=O)O)cn(C5CC5)c4cc3Cl)[C@H](C)O2)[C@H](C)[C@@H](O[C@@H]2O[C@H](C)C[C@H](N(C)C)[C@H]2O)[C@](C)(O)C[C@@H](C)CN(C)[C@@H](C)[C@@H](O)[C@]1(C)O. The molecule has 3 aliphatic heterocycles. The minimum absolute atomic E-state index is 0.0154. The van der Waals surface area contributed by atoms with Crippen molar-refractivity contribution in [2.75, 3.05) is 73.1 Å². The first-order chi connectivity index (χ1) is 38.0. The molecule has 7 N–H and O–H groups in total. The van der Waals surface area contributed by atoms with Gasteiger partial charge in [0, 0.05) is 68.7 Å². The number of anilines is 1. The molecule has 4 aliphatic rings. The highest BCUT2D eigenvalue weighted by Crippen LogP contribution is 2.42. The van der Waals surface area contributed by atoms with E-state index in [1.165, 1.54) is 20.2 Å². The molecule has 2 aromatic rings. The second-order valence-electron chi connectivity index (χ2n) is 24.3. The quantitative estimate of drug-likeness (QED) is 0.0707. The van der Waals surface area contributed by atoms with Crippen molar-refractivity contribution in [1.82, 2.24) is 19.7 Å². The summed E-state index contributed by atoms with van der Waals surface area (Å²) >= 11 is 6.59. The van der Waals surface area contributed by atoms with Crippen molar-refractivity contribution < 1.29 is 77.8 Å². The number of fused-ring (bicyclic) bond motifs is 1. The summed E-state index contributed by atoms with van der Waals surface area (Å²) in [5.41, 5.74) is -4.37. The van der Waals surface area contributed by atoms with E-state index in [0.29, 0.717) is 35.7 Å². The third-order valence-corrected chi connectivity index (χ3v) is 17.6. The van der Waals surface area contributed by atoms with Crippen molar-refractivity contribution in [2.45, 2.75) is 210 Å². The van der Waals surface area contributed by atoms with Gasteiger partial charge in [0.05, 0.1) is 90.2 Å². The predicted molar refractivity (Wildman–Crippen MR) is 303 cm³/mol. The molecule has 0 radical (unpaired) electrons. The third kappa shape index (κ3) is 16.0. The van der Waals surface area contributed by atoms with Crippen LogP contribution in [0.3, 0.4) is 0 Å². The molecule has 1 saturated carbocycles. The maximum absolute atomic E-state index is 14.6. The van der Waals surface area contributed by atoms with Gasteiger partial charge < -0.3 is 88.4 Å². The van der Waals surface area contributed by atoms with Crippen LogP contribution in [0.4, 0.5) is 5.69 Å². The van der Waals surface area contributed by atoms with Crippen molar-refractivity contribution in [1.29, 1.82) is 0 Å². The largest absolute Gasteiger partial charge is 0.477 e. The van der Waals surface area contributed by atoms with E-state index in [-0.39, 0.29) is 93.1 Å². The van der Waals surface area contributed by atoms with Crippen molar-refractivity contribution >= 4 is 46.0 Å². The minimum atomic E-state index is -1.86.